The average molecular weight is 190 g/mol. The van der Waals surface area contributed by atoms with Gasteiger partial charge >= 0.3 is 0 Å². The van der Waals surface area contributed by atoms with Crippen molar-refractivity contribution in [2.75, 3.05) is 0 Å². The van der Waals surface area contributed by atoms with Gasteiger partial charge in [0.15, 0.2) is 0 Å². The third-order valence-electron chi connectivity index (χ3n) is 1.88. The number of aryl methyl sites for hydroxylation is 1. The first kappa shape index (κ1) is 8.38. The molecule has 0 aliphatic heterocycles. The van der Waals surface area contributed by atoms with Crippen LogP contribution in [0, 0.1) is 0 Å². The van der Waals surface area contributed by atoms with Crippen molar-refractivity contribution in [3.63, 3.8) is 0 Å². The van der Waals surface area contributed by atoms with Crippen LogP contribution in [0.1, 0.15) is 0 Å². The third kappa shape index (κ3) is 1.75. The number of hydrogen-bond acceptors (Lipinski definition) is 2. The van der Waals surface area contributed by atoms with Gasteiger partial charge in [-0.1, -0.05) is 12.1 Å². The Balaban J connectivity index is 2.46. The van der Waals surface area contributed by atoms with Crippen LogP contribution in [-0.4, -0.2) is 9.78 Å². The van der Waals surface area contributed by atoms with E-state index in [0.29, 0.717) is 0 Å². The molecule has 0 saturated carbocycles. The van der Waals surface area contributed by atoms with Crippen LogP contribution in [0.15, 0.2) is 41.6 Å². The molecule has 0 saturated heterocycles. The molecule has 13 heavy (non-hydrogen) atoms. The molecule has 0 unspecified atom stereocenters. The average Bonchev–Trinajstić information content (AvgIpc) is 2.52. The van der Waals surface area contributed by atoms with Gasteiger partial charge in [0.1, 0.15) is 0 Å². The minimum atomic E-state index is 0.973. The molecule has 0 spiro atoms. The summed E-state index contributed by atoms with van der Waals surface area (Å²) in [5, 5.41) is 4.11. The molecule has 0 radical (unpaired) electrons. The summed E-state index contributed by atoms with van der Waals surface area (Å²) in [5.41, 5.74) is 2.28. The van der Waals surface area contributed by atoms with E-state index in [4.69, 9.17) is 0 Å². The maximum absolute atomic E-state index is 4.28. The predicted octanol–water partition coefficient (Wildman–Crippen LogP) is 2.38. The van der Waals surface area contributed by atoms with Gasteiger partial charge in [-0.3, -0.25) is 4.68 Å². The van der Waals surface area contributed by atoms with Gasteiger partial charge in [-0.15, -0.1) is 12.6 Å². The van der Waals surface area contributed by atoms with Crippen LogP contribution in [0.2, 0.25) is 0 Å². The van der Waals surface area contributed by atoms with E-state index in [1.54, 1.807) is 4.68 Å². The van der Waals surface area contributed by atoms with Gasteiger partial charge in [0.2, 0.25) is 0 Å². The van der Waals surface area contributed by atoms with Gasteiger partial charge < -0.3 is 0 Å². The second-order valence-corrected chi connectivity index (χ2v) is 3.47. The number of nitrogens with zero attached hydrogens (tertiary/aromatic N) is 2. The van der Waals surface area contributed by atoms with E-state index in [0.717, 1.165) is 16.0 Å². The molecule has 2 rings (SSSR count). The first-order valence-corrected chi connectivity index (χ1v) is 4.48. The summed E-state index contributed by atoms with van der Waals surface area (Å²) >= 11 is 4.28. The van der Waals surface area contributed by atoms with Gasteiger partial charge in [0, 0.05) is 23.7 Å². The summed E-state index contributed by atoms with van der Waals surface area (Å²) < 4.78 is 1.79. The molecule has 0 aliphatic rings. The Morgan fingerprint density at radius 2 is 2.15 bits per heavy atom. The molecule has 1 aromatic carbocycles. The Hall–Kier alpha value is -1.22. The molecule has 3 heteroatoms. The number of hydrogen-bond donors (Lipinski definition) is 1. The van der Waals surface area contributed by atoms with E-state index in [-0.39, 0.29) is 0 Å². The normalized spacial score (nSPS) is 10.3. The quantitative estimate of drug-likeness (QED) is 0.683. The Morgan fingerprint density at radius 1 is 1.31 bits per heavy atom. The molecule has 0 bridgehead atoms. The fraction of sp³-hybridized carbons (Fsp3) is 0.100. The topological polar surface area (TPSA) is 17.8 Å². The Bertz CT molecular complexity index is 420. The van der Waals surface area contributed by atoms with Crippen molar-refractivity contribution < 1.29 is 0 Å². The number of rotatable bonds is 1. The fourth-order valence-corrected chi connectivity index (χ4v) is 1.48. The SMILES string of the molecule is Cn1cc(-c2cccc(S)c2)cn1. The van der Waals surface area contributed by atoms with E-state index >= 15 is 0 Å². The largest absolute Gasteiger partial charge is 0.275 e. The van der Waals surface area contributed by atoms with Crippen molar-refractivity contribution in [2.45, 2.75) is 4.90 Å². The van der Waals surface area contributed by atoms with Crippen molar-refractivity contribution in [2.24, 2.45) is 7.05 Å². The summed E-state index contributed by atoms with van der Waals surface area (Å²) in [5.74, 6) is 0. The van der Waals surface area contributed by atoms with E-state index in [9.17, 15) is 0 Å². The van der Waals surface area contributed by atoms with E-state index in [1.165, 1.54) is 0 Å². The Kier molecular flexibility index (Phi) is 2.10. The minimum Gasteiger partial charge on any atom is -0.275 e. The zero-order valence-electron chi connectivity index (χ0n) is 7.31. The van der Waals surface area contributed by atoms with Gasteiger partial charge in [-0.05, 0) is 17.7 Å². The molecule has 66 valence electrons. The van der Waals surface area contributed by atoms with Crippen molar-refractivity contribution in [3.05, 3.63) is 36.7 Å². The van der Waals surface area contributed by atoms with Crippen LogP contribution in [-0.2, 0) is 7.05 Å². The van der Waals surface area contributed by atoms with Crippen LogP contribution in [0.3, 0.4) is 0 Å². The lowest BCUT2D eigenvalue weighted by molar-refractivity contribution is 0.768. The first-order valence-electron chi connectivity index (χ1n) is 4.04. The highest BCUT2D eigenvalue weighted by Crippen LogP contribution is 2.20. The van der Waals surface area contributed by atoms with Gasteiger partial charge in [0.05, 0.1) is 6.20 Å². The number of aromatic nitrogens is 2. The highest BCUT2D eigenvalue weighted by atomic mass is 32.1. The zero-order chi connectivity index (χ0) is 9.26. The number of thiol groups is 1. The lowest BCUT2D eigenvalue weighted by Gasteiger charge is -1.96. The Labute approximate surface area is 82.6 Å². The lowest BCUT2D eigenvalue weighted by Crippen LogP contribution is -1.84. The van der Waals surface area contributed by atoms with Crippen molar-refractivity contribution in [1.82, 2.24) is 9.78 Å². The monoisotopic (exact) mass is 190 g/mol. The second kappa shape index (κ2) is 3.26. The maximum Gasteiger partial charge on any atom is 0.0568 e. The van der Waals surface area contributed by atoms with Crippen LogP contribution < -0.4 is 0 Å². The Morgan fingerprint density at radius 3 is 2.77 bits per heavy atom. The molecular weight excluding hydrogens is 180 g/mol. The highest BCUT2D eigenvalue weighted by Gasteiger charge is 1.99. The fourth-order valence-electron chi connectivity index (χ4n) is 1.26. The zero-order valence-corrected chi connectivity index (χ0v) is 8.20. The summed E-state index contributed by atoms with van der Waals surface area (Å²) in [6.45, 7) is 0. The molecule has 0 atom stereocenters. The van der Waals surface area contributed by atoms with Crippen LogP contribution in [0.4, 0.5) is 0 Å². The van der Waals surface area contributed by atoms with Crippen LogP contribution >= 0.6 is 12.6 Å². The second-order valence-electron chi connectivity index (χ2n) is 2.95. The molecular formula is C10H10N2S. The minimum absolute atomic E-state index is 0.973. The van der Waals surface area contributed by atoms with Crippen LogP contribution in [0.25, 0.3) is 11.1 Å². The number of benzene rings is 1. The molecule has 0 amide bonds. The van der Waals surface area contributed by atoms with E-state index in [2.05, 4.69) is 23.8 Å². The molecule has 0 aliphatic carbocycles. The smallest absolute Gasteiger partial charge is 0.0568 e. The molecule has 0 fully saturated rings. The summed E-state index contributed by atoms with van der Waals surface area (Å²) in [6.07, 6.45) is 3.84. The maximum atomic E-state index is 4.28. The summed E-state index contributed by atoms with van der Waals surface area (Å²) in [4.78, 5) is 0.973. The molecule has 2 nitrogen and oxygen atoms in total. The highest BCUT2D eigenvalue weighted by molar-refractivity contribution is 7.80. The van der Waals surface area contributed by atoms with Gasteiger partial charge in [-0.25, -0.2) is 0 Å². The standard InChI is InChI=1S/C10H10N2S/c1-12-7-9(6-11-12)8-3-2-4-10(13)5-8/h2-7,13H,1H3. The molecule has 0 N–H and O–H groups in total. The molecule has 1 heterocycles. The van der Waals surface area contributed by atoms with Gasteiger partial charge in [0.25, 0.3) is 0 Å². The predicted molar refractivity (Wildman–Crippen MR) is 55.9 cm³/mol. The molecule has 1 aromatic heterocycles. The van der Waals surface area contributed by atoms with Crippen molar-refractivity contribution >= 4 is 12.6 Å². The van der Waals surface area contributed by atoms with Gasteiger partial charge in [-0.2, -0.15) is 5.10 Å². The van der Waals surface area contributed by atoms with Crippen molar-refractivity contribution in [1.29, 1.82) is 0 Å². The van der Waals surface area contributed by atoms with E-state index in [1.807, 2.05) is 37.6 Å². The molecule has 2 aromatic rings. The first-order chi connectivity index (χ1) is 6.25. The third-order valence-corrected chi connectivity index (χ3v) is 2.16. The van der Waals surface area contributed by atoms with Crippen molar-refractivity contribution in [3.8, 4) is 11.1 Å². The summed E-state index contributed by atoms with van der Waals surface area (Å²) in [7, 11) is 1.91. The van der Waals surface area contributed by atoms with E-state index < -0.39 is 0 Å². The lowest BCUT2D eigenvalue weighted by atomic mass is 10.1. The summed E-state index contributed by atoms with van der Waals surface area (Å²) in [6, 6.07) is 8.03. The van der Waals surface area contributed by atoms with Crippen LogP contribution in [0.5, 0.6) is 0 Å².